The van der Waals surface area contributed by atoms with Gasteiger partial charge in [0, 0.05) is 45.8 Å². The molecule has 1 fully saturated rings. The van der Waals surface area contributed by atoms with Crippen LogP contribution >= 0.6 is 24.0 Å². The Labute approximate surface area is 205 Å². The standard InChI is InChI=1S/C23H39N5O2.HI/c1-5-27(18-20-9-7-6-8-10-20)22(29)17-26-23(24-4)25-16-21(15-19(2)3)28-11-13-30-14-12-28;/h6-10,19,21H,5,11-18H2,1-4H3,(H2,24,25,26);1H. The van der Waals surface area contributed by atoms with E-state index in [-0.39, 0.29) is 36.4 Å². The van der Waals surface area contributed by atoms with E-state index >= 15 is 0 Å². The fraction of sp³-hybridized carbons (Fsp3) is 0.652. The second-order valence-electron chi connectivity index (χ2n) is 8.13. The molecule has 1 aliphatic heterocycles. The Kier molecular flexibility index (Phi) is 13.7. The van der Waals surface area contributed by atoms with E-state index in [1.165, 1.54) is 0 Å². The number of carbonyl (C=O) groups excluding carboxylic acids is 1. The highest BCUT2D eigenvalue weighted by molar-refractivity contribution is 14.0. The molecule has 176 valence electrons. The average Bonchev–Trinajstić information content (AvgIpc) is 2.77. The number of carbonyl (C=O) groups is 1. The number of hydrogen-bond acceptors (Lipinski definition) is 4. The van der Waals surface area contributed by atoms with Gasteiger partial charge in [0.15, 0.2) is 5.96 Å². The van der Waals surface area contributed by atoms with Crippen molar-refractivity contribution in [1.29, 1.82) is 0 Å². The topological polar surface area (TPSA) is 69.2 Å². The molecule has 1 heterocycles. The van der Waals surface area contributed by atoms with E-state index in [1.807, 2.05) is 42.2 Å². The van der Waals surface area contributed by atoms with E-state index in [2.05, 4.69) is 34.4 Å². The molecular formula is C23H40IN5O2. The van der Waals surface area contributed by atoms with Crippen molar-refractivity contribution in [3.05, 3.63) is 35.9 Å². The zero-order valence-corrected chi connectivity index (χ0v) is 21.8. The van der Waals surface area contributed by atoms with Crippen LogP contribution in [0.5, 0.6) is 0 Å². The highest BCUT2D eigenvalue weighted by atomic mass is 127. The van der Waals surface area contributed by atoms with Crippen LogP contribution < -0.4 is 10.6 Å². The van der Waals surface area contributed by atoms with Crippen molar-refractivity contribution in [2.45, 2.75) is 39.8 Å². The summed E-state index contributed by atoms with van der Waals surface area (Å²) in [6, 6.07) is 10.5. The van der Waals surface area contributed by atoms with E-state index in [4.69, 9.17) is 4.74 Å². The van der Waals surface area contributed by atoms with E-state index in [9.17, 15) is 4.79 Å². The maximum Gasteiger partial charge on any atom is 0.242 e. The summed E-state index contributed by atoms with van der Waals surface area (Å²) in [5.41, 5.74) is 1.14. The van der Waals surface area contributed by atoms with Crippen molar-refractivity contribution in [2.24, 2.45) is 10.9 Å². The number of guanidine groups is 1. The molecule has 1 aromatic carbocycles. The summed E-state index contributed by atoms with van der Waals surface area (Å²) in [6.45, 7) is 12.4. The van der Waals surface area contributed by atoms with Crippen LogP contribution in [0.15, 0.2) is 35.3 Å². The van der Waals surface area contributed by atoms with E-state index < -0.39 is 0 Å². The van der Waals surface area contributed by atoms with Gasteiger partial charge in [-0.1, -0.05) is 44.2 Å². The molecule has 2 rings (SSSR count). The van der Waals surface area contributed by atoms with Gasteiger partial charge in [0.25, 0.3) is 0 Å². The van der Waals surface area contributed by atoms with Crippen molar-refractivity contribution in [3.8, 4) is 0 Å². The van der Waals surface area contributed by atoms with Gasteiger partial charge in [0.1, 0.15) is 0 Å². The number of amides is 1. The van der Waals surface area contributed by atoms with Gasteiger partial charge in [0.2, 0.25) is 5.91 Å². The number of nitrogens with zero attached hydrogens (tertiary/aromatic N) is 3. The van der Waals surface area contributed by atoms with Crippen molar-refractivity contribution in [3.63, 3.8) is 0 Å². The van der Waals surface area contributed by atoms with Crippen molar-refractivity contribution in [2.75, 3.05) is 53.0 Å². The Morgan fingerprint density at radius 1 is 1.19 bits per heavy atom. The maximum absolute atomic E-state index is 12.7. The van der Waals surface area contributed by atoms with Crippen molar-refractivity contribution >= 4 is 35.8 Å². The predicted molar refractivity (Wildman–Crippen MR) is 138 cm³/mol. The van der Waals surface area contributed by atoms with Gasteiger partial charge in [-0.2, -0.15) is 0 Å². The monoisotopic (exact) mass is 545 g/mol. The van der Waals surface area contributed by atoms with Crippen LogP contribution in [0.2, 0.25) is 0 Å². The summed E-state index contributed by atoms with van der Waals surface area (Å²) in [7, 11) is 1.74. The summed E-state index contributed by atoms with van der Waals surface area (Å²) >= 11 is 0. The summed E-state index contributed by atoms with van der Waals surface area (Å²) in [5, 5.41) is 6.61. The van der Waals surface area contributed by atoms with Crippen LogP contribution in [0, 0.1) is 5.92 Å². The number of morpholine rings is 1. The molecule has 1 aliphatic rings. The lowest BCUT2D eigenvalue weighted by molar-refractivity contribution is -0.130. The average molecular weight is 546 g/mol. The van der Waals surface area contributed by atoms with Gasteiger partial charge >= 0.3 is 0 Å². The van der Waals surface area contributed by atoms with Crippen LogP contribution in [0.3, 0.4) is 0 Å². The first-order valence-electron chi connectivity index (χ1n) is 11.1. The zero-order valence-electron chi connectivity index (χ0n) is 19.5. The summed E-state index contributed by atoms with van der Waals surface area (Å²) in [6.07, 6.45) is 1.11. The molecule has 1 amide bonds. The third kappa shape index (κ3) is 10.2. The van der Waals surface area contributed by atoms with Crippen LogP contribution in [0.4, 0.5) is 0 Å². The molecule has 0 radical (unpaired) electrons. The lowest BCUT2D eigenvalue weighted by Crippen LogP contribution is -2.52. The Hall–Kier alpha value is -1.39. The van der Waals surface area contributed by atoms with Crippen molar-refractivity contribution < 1.29 is 9.53 Å². The number of likely N-dealkylation sites (N-methyl/N-ethyl adjacent to an activating group) is 1. The number of halogens is 1. The maximum atomic E-state index is 12.7. The molecule has 1 unspecified atom stereocenters. The number of aliphatic imine (C=N–C) groups is 1. The van der Waals surface area contributed by atoms with Crippen molar-refractivity contribution in [1.82, 2.24) is 20.4 Å². The van der Waals surface area contributed by atoms with Gasteiger partial charge in [-0.3, -0.25) is 14.7 Å². The fourth-order valence-electron chi connectivity index (χ4n) is 3.73. The van der Waals surface area contributed by atoms with Gasteiger partial charge in [-0.15, -0.1) is 24.0 Å². The minimum Gasteiger partial charge on any atom is -0.379 e. The molecule has 7 nitrogen and oxygen atoms in total. The molecule has 0 aromatic heterocycles. The number of nitrogens with one attached hydrogen (secondary N) is 2. The zero-order chi connectivity index (χ0) is 21.8. The minimum atomic E-state index is 0. The molecule has 0 saturated carbocycles. The summed E-state index contributed by atoms with van der Waals surface area (Å²) in [5.74, 6) is 1.35. The largest absolute Gasteiger partial charge is 0.379 e. The summed E-state index contributed by atoms with van der Waals surface area (Å²) in [4.78, 5) is 21.3. The minimum absolute atomic E-state index is 0. The molecule has 1 aromatic rings. The van der Waals surface area contributed by atoms with E-state index in [1.54, 1.807) is 7.05 Å². The molecule has 31 heavy (non-hydrogen) atoms. The number of benzene rings is 1. The molecular weight excluding hydrogens is 505 g/mol. The van der Waals surface area contributed by atoms with E-state index in [0.29, 0.717) is 31.0 Å². The van der Waals surface area contributed by atoms with Gasteiger partial charge < -0.3 is 20.3 Å². The SMILES string of the molecule is CCN(Cc1ccccc1)C(=O)CNC(=NC)NCC(CC(C)C)N1CCOCC1.I. The first-order valence-corrected chi connectivity index (χ1v) is 11.1. The van der Waals surface area contributed by atoms with Crippen LogP contribution in [-0.4, -0.2) is 80.7 Å². The molecule has 0 bridgehead atoms. The quantitative estimate of drug-likeness (QED) is 0.269. The first kappa shape index (κ1) is 27.6. The molecule has 0 aliphatic carbocycles. The molecule has 2 N–H and O–H groups in total. The second kappa shape index (κ2) is 15.4. The van der Waals surface area contributed by atoms with E-state index in [0.717, 1.165) is 44.8 Å². The third-order valence-corrected chi connectivity index (χ3v) is 5.39. The van der Waals surface area contributed by atoms with Gasteiger partial charge in [0.05, 0.1) is 19.8 Å². The third-order valence-electron chi connectivity index (χ3n) is 5.39. The highest BCUT2D eigenvalue weighted by Gasteiger charge is 2.22. The fourth-order valence-corrected chi connectivity index (χ4v) is 3.73. The lowest BCUT2D eigenvalue weighted by Gasteiger charge is -2.35. The smallest absolute Gasteiger partial charge is 0.242 e. The molecule has 0 spiro atoms. The van der Waals surface area contributed by atoms with Crippen LogP contribution in [-0.2, 0) is 16.1 Å². The second-order valence-corrected chi connectivity index (χ2v) is 8.13. The Morgan fingerprint density at radius 3 is 2.45 bits per heavy atom. The number of ether oxygens (including phenoxy) is 1. The normalized spacial score (nSPS) is 15.8. The lowest BCUT2D eigenvalue weighted by atomic mass is 10.0. The number of rotatable bonds is 10. The van der Waals surface area contributed by atoms with Crippen LogP contribution in [0.1, 0.15) is 32.8 Å². The van der Waals surface area contributed by atoms with Gasteiger partial charge in [-0.25, -0.2) is 0 Å². The highest BCUT2D eigenvalue weighted by Crippen LogP contribution is 2.13. The van der Waals surface area contributed by atoms with Gasteiger partial charge in [-0.05, 0) is 24.8 Å². The van der Waals surface area contributed by atoms with Crippen LogP contribution in [0.25, 0.3) is 0 Å². The Bertz CT molecular complexity index is 651. The summed E-state index contributed by atoms with van der Waals surface area (Å²) < 4.78 is 5.50. The number of hydrogen-bond donors (Lipinski definition) is 2. The Morgan fingerprint density at radius 2 is 1.87 bits per heavy atom. The molecule has 1 atom stereocenters. The predicted octanol–water partition coefficient (Wildman–Crippen LogP) is 2.56. The molecule has 8 heteroatoms. The Balaban J connectivity index is 0.00000480. The first-order chi connectivity index (χ1) is 14.5. The molecule has 1 saturated heterocycles.